The van der Waals surface area contributed by atoms with E-state index in [9.17, 15) is 5.11 Å². The van der Waals surface area contributed by atoms with Crippen molar-refractivity contribution in [2.45, 2.75) is 19.6 Å². The van der Waals surface area contributed by atoms with Gasteiger partial charge in [-0.3, -0.25) is 4.90 Å². The second-order valence-corrected chi connectivity index (χ2v) is 4.22. The smallest absolute Gasteiger partial charge is 0.0704 e. The third-order valence-corrected chi connectivity index (χ3v) is 2.90. The molecule has 1 fully saturated rings. The predicted octanol–water partition coefficient (Wildman–Crippen LogP) is 1.50. The van der Waals surface area contributed by atoms with Crippen LogP contribution in [0.2, 0.25) is 0 Å². The van der Waals surface area contributed by atoms with Gasteiger partial charge in [-0.2, -0.15) is 0 Å². The topological polar surface area (TPSA) is 23.5 Å². The van der Waals surface area contributed by atoms with E-state index in [1.54, 1.807) is 0 Å². The minimum Gasteiger partial charge on any atom is -0.391 e. The lowest BCUT2D eigenvalue weighted by Gasteiger charge is -2.14. The number of nitrogens with zero attached hydrogens (tertiary/aromatic N) is 1. The Hall–Kier alpha value is -0.860. The summed E-state index contributed by atoms with van der Waals surface area (Å²) < 4.78 is 0. The summed E-state index contributed by atoms with van der Waals surface area (Å²) in [5, 5.41) is 9.60. The Balaban J connectivity index is 1.94. The molecular weight excluding hydrogens is 174 g/mol. The van der Waals surface area contributed by atoms with Crippen molar-refractivity contribution in [2.24, 2.45) is 5.92 Å². The minimum atomic E-state index is -0.140. The molecule has 0 saturated carbocycles. The van der Waals surface area contributed by atoms with E-state index in [1.807, 2.05) is 6.07 Å². The molecule has 2 heteroatoms. The van der Waals surface area contributed by atoms with Gasteiger partial charge in [-0.05, 0) is 11.5 Å². The van der Waals surface area contributed by atoms with Crippen LogP contribution in [0, 0.1) is 5.92 Å². The van der Waals surface area contributed by atoms with Crippen LogP contribution in [-0.2, 0) is 6.54 Å². The van der Waals surface area contributed by atoms with E-state index < -0.39 is 0 Å². The van der Waals surface area contributed by atoms with Crippen molar-refractivity contribution in [2.75, 3.05) is 13.1 Å². The van der Waals surface area contributed by atoms with E-state index in [1.165, 1.54) is 5.56 Å². The number of aliphatic hydroxyl groups is 1. The van der Waals surface area contributed by atoms with Crippen molar-refractivity contribution in [1.82, 2.24) is 4.90 Å². The van der Waals surface area contributed by atoms with Crippen LogP contribution in [0.5, 0.6) is 0 Å². The van der Waals surface area contributed by atoms with Gasteiger partial charge in [0.15, 0.2) is 0 Å². The van der Waals surface area contributed by atoms with Crippen molar-refractivity contribution in [3.05, 3.63) is 35.9 Å². The first-order valence-electron chi connectivity index (χ1n) is 5.20. The Morgan fingerprint density at radius 1 is 1.29 bits per heavy atom. The molecule has 0 radical (unpaired) electrons. The third kappa shape index (κ3) is 2.14. The molecule has 0 bridgehead atoms. The molecule has 0 amide bonds. The fourth-order valence-corrected chi connectivity index (χ4v) is 2.02. The number of aliphatic hydroxyl groups excluding tert-OH is 1. The monoisotopic (exact) mass is 191 g/mol. The summed E-state index contributed by atoms with van der Waals surface area (Å²) >= 11 is 0. The largest absolute Gasteiger partial charge is 0.391 e. The number of likely N-dealkylation sites (tertiary alicyclic amines) is 1. The molecule has 1 aliphatic rings. The average Bonchev–Trinajstić information content (AvgIpc) is 2.47. The minimum absolute atomic E-state index is 0.140. The van der Waals surface area contributed by atoms with Gasteiger partial charge in [0, 0.05) is 19.6 Å². The fourth-order valence-electron chi connectivity index (χ4n) is 2.02. The van der Waals surface area contributed by atoms with E-state index in [-0.39, 0.29) is 6.10 Å². The summed E-state index contributed by atoms with van der Waals surface area (Å²) in [7, 11) is 0. The molecule has 2 rings (SSSR count). The highest BCUT2D eigenvalue weighted by Crippen LogP contribution is 2.18. The molecular formula is C12H17NO. The number of β-amino-alcohol motifs (C(OH)–C–C–N with tert-alkyl or cyclic N) is 1. The molecule has 0 spiro atoms. The molecule has 1 aromatic rings. The molecule has 1 N–H and O–H groups in total. The molecule has 1 unspecified atom stereocenters. The normalized spacial score (nSPS) is 28.1. The highest BCUT2D eigenvalue weighted by atomic mass is 16.3. The second kappa shape index (κ2) is 4.11. The van der Waals surface area contributed by atoms with Crippen molar-refractivity contribution in [3.63, 3.8) is 0 Å². The number of rotatable bonds is 2. The zero-order chi connectivity index (χ0) is 9.97. The standard InChI is InChI=1S/C12H17NO/c1-10-7-13(9-12(10)14)8-11-5-3-2-4-6-11/h2-6,10,12,14H,7-9H2,1H3/t10-,12?/m1/s1. The molecule has 76 valence electrons. The SMILES string of the molecule is C[C@@H]1CN(Cc2ccccc2)CC1O. The van der Waals surface area contributed by atoms with Gasteiger partial charge in [-0.1, -0.05) is 37.3 Å². The summed E-state index contributed by atoms with van der Waals surface area (Å²) in [5.74, 6) is 0.415. The van der Waals surface area contributed by atoms with Crippen LogP contribution in [0.1, 0.15) is 12.5 Å². The lowest BCUT2D eigenvalue weighted by atomic mass is 10.1. The summed E-state index contributed by atoms with van der Waals surface area (Å²) in [6.07, 6.45) is -0.140. The molecule has 2 nitrogen and oxygen atoms in total. The van der Waals surface area contributed by atoms with E-state index in [0.29, 0.717) is 5.92 Å². The molecule has 1 aliphatic heterocycles. The van der Waals surface area contributed by atoms with Crippen LogP contribution in [0.15, 0.2) is 30.3 Å². The van der Waals surface area contributed by atoms with E-state index >= 15 is 0 Å². The van der Waals surface area contributed by atoms with Gasteiger partial charge >= 0.3 is 0 Å². The van der Waals surface area contributed by atoms with Crippen LogP contribution in [-0.4, -0.2) is 29.2 Å². The Kier molecular flexibility index (Phi) is 2.85. The Morgan fingerprint density at radius 2 is 2.00 bits per heavy atom. The zero-order valence-electron chi connectivity index (χ0n) is 8.56. The molecule has 2 atom stereocenters. The zero-order valence-corrected chi connectivity index (χ0v) is 8.56. The van der Waals surface area contributed by atoms with Crippen LogP contribution in [0.3, 0.4) is 0 Å². The quantitative estimate of drug-likeness (QED) is 0.765. The van der Waals surface area contributed by atoms with Crippen LogP contribution in [0.4, 0.5) is 0 Å². The molecule has 1 heterocycles. The number of hydrogen-bond donors (Lipinski definition) is 1. The fraction of sp³-hybridized carbons (Fsp3) is 0.500. The Labute approximate surface area is 85.2 Å². The Bertz CT molecular complexity index is 276. The first kappa shape index (κ1) is 9.69. The van der Waals surface area contributed by atoms with Crippen molar-refractivity contribution < 1.29 is 5.11 Å². The second-order valence-electron chi connectivity index (χ2n) is 4.22. The third-order valence-electron chi connectivity index (χ3n) is 2.90. The lowest BCUT2D eigenvalue weighted by molar-refractivity contribution is 0.147. The first-order valence-corrected chi connectivity index (χ1v) is 5.20. The lowest BCUT2D eigenvalue weighted by Crippen LogP contribution is -2.21. The predicted molar refractivity (Wildman–Crippen MR) is 56.9 cm³/mol. The van der Waals surface area contributed by atoms with Gasteiger partial charge in [0.2, 0.25) is 0 Å². The Morgan fingerprint density at radius 3 is 2.57 bits per heavy atom. The van der Waals surface area contributed by atoms with Crippen LogP contribution < -0.4 is 0 Å². The van der Waals surface area contributed by atoms with Crippen molar-refractivity contribution in [1.29, 1.82) is 0 Å². The maximum absolute atomic E-state index is 9.60. The maximum Gasteiger partial charge on any atom is 0.0704 e. The van der Waals surface area contributed by atoms with Crippen molar-refractivity contribution in [3.8, 4) is 0 Å². The summed E-state index contributed by atoms with van der Waals surface area (Å²) in [6.45, 7) is 4.89. The maximum atomic E-state index is 9.60. The van der Waals surface area contributed by atoms with Gasteiger partial charge in [0.1, 0.15) is 0 Å². The van der Waals surface area contributed by atoms with Gasteiger partial charge in [0.25, 0.3) is 0 Å². The van der Waals surface area contributed by atoms with Crippen LogP contribution >= 0.6 is 0 Å². The molecule has 1 aromatic carbocycles. The highest BCUT2D eigenvalue weighted by molar-refractivity contribution is 5.14. The molecule has 14 heavy (non-hydrogen) atoms. The van der Waals surface area contributed by atoms with Crippen molar-refractivity contribution >= 4 is 0 Å². The van der Waals surface area contributed by atoms with E-state index in [4.69, 9.17) is 0 Å². The molecule has 1 saturated heterocycles. The number of benzene rings is 1. The van der Waals surface area contributed by atoms with Gasteiger partial charge < -0.3 is 5.11 Å². The first-order chi connectivity index (χ1) is 6.75. The van der Waals surface area contributed by atoms with Gasteiger partial charge in [-0.15, -0.1) is 0 Å². The molecule has 0 aromatic heterocycles. The number of hydrogen-bond acceptors (Lipinski definition) is 2. The van der Waals surface area contributed by atoms with Gasteiger partial charge in [0.05, 0.1) is 6.10 Å². The summed E-state index contributed by atoms with van der Waals surface area (Å²) in [6, 6.07) is 10.4. The average molecular weight is 191 g/mol. The summed E-state index contributed by atoms with van der Waals surface area (Å²) in [4.78, 5) is 2.31. The van der Waals surface area contributed by atoms with E-state index in [0.717, 1.165) is 19.6 Å². The van der Waals surface area contributed by atoms with Gasteiger partial charge in [-0.25, -0.2) is 0 Å². The summed E-state index contributed by atoms with van der Waals surface area (Å²) in [5.41, 5.74) is 1.33. The molecule has 0 aliphatic carbocycles. The highest BCUT2D eigenvalue weighted by Gasteiger charge is 2.27. The van der Waals surface area contributed by atoms with Crippen LogP contribution in [0.25, 0.3) is 0 Å². The van der Waals surface area contributed by atoms with E-state index in [2.05, 4.69) is 36.1 Å².